The summed E-state index contributed by atoms with van der Waals surface area (Å²) in [5.41, 5.74) is -0.0262. The van der Waals surface area contributed by atoms with Gasteiger partial charge in [-0.1, -0.05) is 0 Å². The first-order valence-corrected chi connectivity index (χ1v) is 5.24. The van der Waals surface area contributed by atoms with Crippen molar-refractivity contribution in [1.29, 1.82) is 0 Å². The SMILES string of the molecule is CC(C)n1cc(C(=O)O)c(=O)c2ccncc21. The molecule has 2 rings (SSSR count). The highest BCUT2D eigenvalue weighted by Crippen LogP contribution is 2.15. The quantitative estimate of drug-likeness (QED) is 0.854. The first kappa shape index (κ1) is 11.3. The Balaban J connectivity index is 2.95. The minimum Gasteiger partial charge on any atom is -0.477 e. The van der Waals surface area contributed by atoms with E-state index in [9.17, 15) is 9.59 Å². The van der Waals surface area contributed by atoms with Crippen LogP contribution in [0.1, 0.15) is 30.2 Å². The van der Waals surface area contributed by atoms with E-state index in [4.69, 9.17) is 5.11 Å². The van der Waals surface area contributed by atoms with Crippen LogP contribution in [-0.2, 0) is 0 Å². The zero-order chi connectivity index (χ0) is 12.6. The maximum absolute atomic E-state index is 11.9. The van der Waals surface area contributed by atoms with Gasteiger partial charge in [-0.2, -0.15) is 0 Å². The van der Waals surface area contributed by atoms with Gasteiger partial charge in [0.15, 0.2) is 0 Å². The Kier molecular flexibility index (Phi) is 2.67. The van der Waals surface area contributed by atoms with Crippen molar-refractivity contribution < 1.29 is 9.90 Å². The molecule has 0 radical (unpaired) electrons. The van der Waals surface area contributed by atoms with Crippen molar-refractivity contribution in [2.45, 2.75) is 19.9 Å². The molecule has 0 aliphatic carbocycles. The van der Waals surface area contributed by atoms with Crippen molar-refractivity contribution in [1.82, 2.24) is 9.55 Å². The first-order valence-electron chi connectivity index (χ1n) is 5.24. The Labute approximate surface area is 97.3 Å². The summed E-state index contributed by atoms with van der Waals surface area (Å²) in [4.78, 5) is 26.9. The number of rotatable bonds is 2. The summed E-state index contributed by atoms with van der Waals surface area (Å²) in [5, 5.41) is 9.39. The summed E-state index contributed by atoms with van der Waals surface area (Å²) < 4.78 is 1.74. The molecule has 0 aromatic carbocycles. The van der Waals surface area contributed by atoms with Crippen LogP contribution in [0, 0.1) is 0 Å². The Morgan fingerprint density at radius 3 is 2.76 bits per heavy atom. The van der Waals surface area contributed by atoms with E-state index in [-0.39, 0.29) is 11.6 Å². The van der Waals surface area contributed by atoms with E-state index in [2.05, 4.69) is 4.98 Å². The van der Waals surface area contributed by atoms with Crippen molar-refractivity contribution in [3.8, 4) is 0 Å². The molecule has 0 spiro atoms. The van der Waals surface area contributed by atoms with Crippen LogP contribution in [0.15, 0.2) is 29.5 Å². The summed E-state index contributed by atoms with van der Waals surface area (Å²) in [6.07, 6.45) is 4.43. The molecule has 2 heterocycles. The molecule has 2 aromatic heterocycles. The molecule has 17 heavy (non-hydrogen) atoms. The second-order valence-corrected chi connectivity index (χ2v) is 4.07. The molecule has 0 saturated carbocycles. The van der Waals surface area contributed by atoms with Gasteiger partial charge >= 0.3 is 5.97 Å². The molecule has 5 nitrogen and oxygen atoms in total. The van der Waals surface area contributed by atoms with Gasteiger partial charge in [0.25, 0.3) is 0 Å². The molecule has 1 N–H and O–H groups in total. The van der Waals surface area contributed by atoms with Crippen molar-refractivity contribution in [2.24, 2.45) is 0 Å². The predicted molar refractivity (Wildman–Crippen MR) is 63.3 cm³/mol. The number of carboxylic acid groups (broad SMARTS) is 1. The smallest absolute Gasteiger partial charge is 0.341 e. The van der Waals surface area contributed by atoms with Gasteiger partial charge in [0.05, 0.1) is 11.7 Å². The van der Waals surface area contributed by atoms with Crippen LogP contribution in [0.2, 0.25) is 0 Å². The summed E-state index contributed by atoms with van der Waals surface area (Å²) in [6.45, 7) is 3.84. The van der Waals surface area contributed by atoms with Crippen LogP contribution < -0.4 is 5.43 Å². The standard InChI is InChI=1S/C12H12N2O3/c1-7(2)14-6-9(12(16)17)11(15)8-3-4-13-5-10(8)14/h3-7H,1-2H3,(H,16,17). The molecule has 0 aliphatic heterocycles. The van der Waals surface area contributed by atoms with Crippen molar-refractivity contribution in [3.63, 3.8) is 0 Å². The molecule has 0 saturated heterocycles. The Bertz CT molecular complexity index is 644. The predicted octanol–water partition coefficient (Wildman–Crippen LogP) is 1.68. The second-order valence-electron chi connectivity index (χ2n) is 4.07. The summed E-state index contributed by atoms with van der Waals surface area (Å²) >= 11 is 0. The van der Waals surface area contributed by atoms with Gasteiger partial charge in [0.2, 0.25) is 5.43 Å². The molecule has 0 aliphatic rings. The fourth-order valence-electron chi connectivity index (χ4n) is 1.78. The van der Waals surface area contributed by atoms with Gasteiger partial charge < -0.3 is 9.67 Å². The fourth-order valence-corrected chi connectivity index (χ4v) is 1.78. The molecule has 88 valence electrons. The highest BCUT2D eigenvalue weighted by molar-refractivity contribution is 5.92. The lowest BCUT2D eigenvalue weighted by Crippen LogP contribution is -2.19. The molecule has 0 unspecified atom stereocenters. The third-order valence-electron chi connectivity index (χ3n) is 2.62. The van der Waals surface area contributed by atoms with Gasteiger partial charge in [-0.15, -0.1) is 0 Å². The molecule has 0 amide bonds. The summed E-state index contributed by atoms with van der Waals surface area (Å²) in [5.74, 6) is -1.21. The maximum Gasteiger partial charge on any atom is 0.341 e. The average Bonchev–Trinajstić information content (AvgIpc) is 2.29. The maximum atomic E-state index is 11.9. The van der Waals surface area contributed by atoms with E-state index in [0.717, 1.165) is 0 Å². The largest absolute Gasteiger partial charge is 0.477 e. The number of pyridine rings is 2. The number of aromatic carboxylic acids is 1. The summed E-state index contributed by atoms with van der Waals surface area (Å²) in [7, 11) is 0. The molecular weight excluding hydrogens is 220 g/mol. The first-order chi connectivity index (χ1) is 8.02. The Hall–Kier alpha value is -2.17. The van der Waals surface area contributed by atoms with Crippen LogP contribution in [-0.4, -0.2) is 20.6 Å². The van der Waals surface area contributed by atoms with Crippen molar-refractivity contribution in [3.05, 3.63) is 40.4 Å². The number of aromatic nitrogens is 2. The normalized spacial score (nSPS) is 11.0. The van der Waals surface area contributed by atoms with E-state index >= 15 is 0 Å². The van der Waals surface area contributed by atoms with E-state index in [1.807, 2.05) is 13.8 Å². The number of fused-ring (bicyclic) bond motifs is 1. The lowest BCUT2D eigenvalue weighted by molar-refractivity contribution is 0.0695. The van der Waals surface area contributed by atoms with Crippen LogP contribution in [0.25, 0.3) is 10.9 Å². The van der Waals surface area contributed by atoms with E-state index in [0.29, 0.717) is 10.9 Å². The van der Waals surface area contributed by atoms with E-state index < -0.39 is 11.4 Å². The third-order valence-corrected chi connectivity index (χ3v) is 2.62. The van der Waals surface area contributed by atoms with Crippen LogP contribution >= 0.6 is 0 Å². The van der Waals surface area contributed by atoms with Gasteiger partial charge in [-0.05, 0) is 19.9 Å². The Morgan fingerprint density at radius 1 is 1.47 bits per heavy atom. The van der Waals surface area contributed by atoms with Crippen LogP contribution in [0.3, 0.4) is 0 Å². The van der Waals surface area contributed by atoms with Crippen LogP contribution in [0.4, 0.5) is 0 Å². The van der Waals surface area contributed by atoms with Gasteiger partial charge in [0.1, 0.15) is 5.56 Å². The molecular formula is C12H12N2O3. The van der Waals surface area contributed by atoms with Gasteiger partial charge in [-0.3, -0.25) is 9.78 Å². The zero-order valence-electron chi connectivity index (χ0n) is 9.54. The van der Waals surface area contributed by atoms with E-state index in [1.54, 1.807) is 16.8 Å². The molecule has 0 bridgehead atoms. The molecule has 5 heteroatoms. The number of carboxylic acids is 1. The lowest BCUT2D eigenvalue weighted by atomic mass is 10.1. The topological polar surface area (TPSA) is 72.2 Å². The minimum atomic E-state index is -1.21. The number of nitrogens with zero attached hydrogens (tertiary/aromatic N) is 2. The molecule has 0 atom stereocenters. The number of hydrogen-bond acceptors (Lipinski definition) is 3. The zero-order valence-corrected chi connectivity index (χ0v) is 9.54. The van der Waals surface area contributed by atoms with Gasteiger partial charge in [0, 0.05) is 23.8 Å². The lowest BCUT2D eigenvalue weighted by Gasteiger charge is -2.15. The monoisotopic (exact) mass is 232 g/mol. The average molecular weight is 232 g/mol. The minimum absolute atomic E-state index is 0.0559. The van der Waals surface area contributed by atoms with Crippen molar-refractivity contribution >= 4 is 16.9 Å². The number of carbonyl (C=O) groups is 1. The summed E-state index contributed by atoms with van der Waals surface area (Å²) in [6, 6.07) is 1.60. The highest BCUT2D eigenvalue weighted by atomic mass is 16.4. The molecule has 0 fully saturated rings. The number of hydrogen-bond donors (Lipinski definition) is 1. The Morgan fingerprint density at radius 2 is 2.18 bits per heavy atom. The third kappa shape index (κ3) is 1.80. The van der Waals surface area contributed by atoms with E-state index in [1.165, 1.54) is 12.4 Å². The van der Waals surface area contributed by atoms with Crippen molar-refractivity contribution in [2.75, 3.05) is 0 Å². The van der Waals surface area contributed by atoms with Crippen LogP contribution in [0.5, 0.6) is 0 Å². The molecule has 2 aromatic rings. The highest BCUT2D eigenvalue weighted by Gasteiger charge is 2.15. The van der Waals surface area contributed by atoms with Gasteiger partial charge in [-0.25, -0.2) is 4.79 Å². The second kappa shape index (κ2) is 4.01. The fraction of sp³-hybridized carbons (Fsp3) is 0.250.